The topological polar surface area (TPSA) is 96.1 Å². The second-order valence-corrected chi connectivity index (χ2v) is 5.37. The Kier molecular flexibility index (Phi) is 5.51. The van der Waals surface area contributed by atoms with Gasteiger partial charge in [-0.2, -0.15) is 0 Å². The lowest BCUT2D eigenvalue weighted by Gasteiger charge is -2.13. The summed E-state index contributed by atoms with van der Waals surface area (Å²) in [7, 11) is 1.48. The van der Waals surface area contributed by atoms with Gasteiger partial charge in [0.25, 0.3) is 5.56 Å². The van der Waals surface area contributed by atoms with Crippen molar-refractivity contribution in [2.24, 2.45) is 0 Å². The molecule has 0 saturated heterocycles. The second kappa shape index (κ2) is 7.42. The van der Waals surface area contributed by atoms with E-state index in [9.17, 15) is 15.0 Å². The van der Waals surface area contributed by atoms with E-state index in [-0.39, 0.29) is 29.6 Å². The van der Waals surface area contributed by atoms with Gasteiger partial charge in [0.2, 0.25) is 0 Å². The van der Waals surface area contributed by atoms with E-state index >= 15 is 0 Å². The summed E-state index contributed by atoms with van der Waals surface area (Å²) in [6, 6.07) is 7.82. The number of nitrogens with one attached hydrogen (secondary N) is 1. The number of aromatic hydroxyl groups is 1. The van der Waals surface area contributed by atoms with Crippen LogP contribution in [-0.4, -0.2) is 26.7 Å². The highest BCUT2D eigenvalue weighted by atomic mass is 35.5. The van der Waals surface area contributed by atoms with Crippen molar-refractivity contribution in [3.63, 3.8) is 0 Å². The summed E-state index contributed by atoms with van der Waals surface area (Å²) < 4.78 is 6.53. The maximum atomic E-state index is 12.6. The SMILES string of the molecule is C.COc1cccn2c(=O)c(CO)c(Nc3ccc(O)c(Cl)c3)nc12. The first-order valence-electron chi connectivity index (χ1n) is 6.99. The number of hydrogen-bond acceptors (Lipinski definition) is 6. The molecule has 2 heterocycles. The van der Waals surface area contributed by atoms with E-state index in [0.717, 1.165) is 0 Å². The highest BCUT2D eigenvalue weighted by molar-refractivity contribution is 6.32. The Hall–Kier alpha value is -2.77. The molecule has 7 nitrogen and oxygen atoms in total. The van der Waals surface area contributed by atoms with E-state index in [2.05, 4.69) is 10.3 Å². The van der Waals surface area contributed by atoms with Crippen molar-refractivity contribution < 1.29 is 14.9 Å². The van der Waals surface area contributed by atoms with Crippen molar-refractivity contribution in [2.45, 2.75) is 14.0 Å². The van der Waals surface area contributed by atoms with Gasteiger partial charge >= 0.3 is 0 Å². The molecule has 0 aliphatic rings. The molecule has 0 spiro atoms. The summed E-state index contributed by atoms with van der Waals surface area (Å²) in [6.45, 7) is -0.486. The number of rotatable bonds is 4. The highest BCUT2D eigenvalue weighted by Crippen LogP contribution is 2.28. The minimum atomic E-state index is -0.486. The molecule has 0 aliphatic heterocycles. The third-order valence-corrected chi connectivity index (χ3v) is 3.80. The molecular formula is C17H18ClN3O4. The van der Waals surface area contributed by atoms with Crippen LogP contribution >= 0.6 is 11.6 Å². The normalized spacial score (nSPS) is 10.4. The quantitative estimate of drug-likeness (QED) is 0.617. The Bertz CT molecular complexity index is 972. The Morgan fingerprint density at radius 3 is 2.76 bits per heavy atom. The van der Waals surface area contributed by atoms with E-state index in [4.69, 9.17) is 16.3 Å². The first-order chi connectivity index (χ1) is 11.5. The molecule has 0 atom stereocenters. The number of hydrogen-bond donors (Lipinski definition) is 3. The Balaban J connectivity index is 0.00000225. The molecule has 0 amide bonds. The van der Waals surface area contributed by atoms with Gasteiger partial charge in [0.1, 0.15) is 11.6 Å². The van der Waals surface area contributed by atoms with Gasteiger partial charge in [0.15, 0.2) is 11.4 Å². The molecule has 0 saturated carbocycles. The standard InChI is InChI=1S/C16H14ClN3O4.CH4/c1-24-13-3-2-6-20-15(13)19-14(10(8-21)16(20)23)18-9-4-5-12(22)11(17)7-9;/h2-7,18,21-22H,8H2,1H3;1H4. The fourth-order valence-corrected chi connectivity index (χ4v) is 2.48. The van der Waals surface area contributed by atoms with Gasteiger partial charge in [-0.25, -0.2) is 4.98 Å². The second-order valence-electron chi connectivity index (χ2n) is 4.96. The van der Waals surface area contributed by atoms with Crippen molar-refractivity contribution in [1.82, 2.24) is 9.38 Å². The number of phenols is 1. The van der Waals surface area contributed by atoms with Crippen LogP contribution in [-0.2, 0) is 6.61 Å². The van der Waals surface area contributed by atoms with E-state index in [1.54, 1.807) is 24.4 Å². The Morgan fingerprint density at radius 2 is 2.12 bits per heavy atom. The largest absolute Gasteiger partial charge is 0.506 e. The summed E-state index contributed by atoms with van der Waals surface area (Å²) in [5, 5.41) is 22.1. The van der Waals surface area contributed by atoms with Crippen molar-refractivity contribution in [3.8, 4) is 11.5 Å². The van der Waals surface area contributed by atoms with Crippen molar-refractivity contribution in [1.29, 1.82) is 0 Å². The van der Waals surface area contributed by atoms with Gasteiger partial charge in [0.05, 0.1) is 24.3 Å². The summed E-state index contributed by atoms with van der Waals surface area (Å²) in [5.74, 6) is 0.553. The van der Waals surface area contributed by atoms with Crippen LogP contribution in [0.3, 0.4) is 0 Å². The average molecular weight is 364 g/mol. The number of nitrogens with zero attached hydrogens (tertiary/aromatic N) is 2. The van der Waals surface area contributed by atoms with Crippen molar-refractivity contribution >= 4 is 28.8 Å². The number of aliphatic hydroxyl groups excluding tert-OH is 1. The number of ether oxygens (including phenoxy) is 1. The molecule has 25 heavy (non-hydrogen) atoms. The predicted octanol–water partition coefficient (Wildman–Crippen LogP) is 2.93. The molecule has 1 aromatic carbocycles. The zero-order valence-electron chi connectivity index (χ0n) is 12.7. The summed E-state index contributed by atoms with van der Waals surface area (Å²) >= 11 is 5.88. The van der Waals surface area contributed by atoms with Crippen LogP contribution < -0.4 is 15.6 Å². The molecular weight excluding hydrogens is 346 g/mol. The number of pyridine rings is 1. The molecule has 0 fully saturated rings. The Morgan fingerprint density at radius 1 is 1.36 bits per heavy atom. The fourth-order valence-electron chi connectivity index (χ4n) is 2.30. The first-order valence-corrected chi connectivity index (χ1v) is 7.37. The fraction of sp³-hybridized carbons (Fsp3) is 0.176. The lowest BCUT2D eigenvalue weighted by atomic mass is 10.2. The van der Waals surface area contributed by atoms with E-state index in [0.29, 0.717) is 17.1 Å². The summed E-state index contributed by atoms with van der Waals surface area (Å²) in [6.07, 6.45) is 1.55. The van der Waals surface area contributed by atoms with Gasteiger partial charge in [-0.05, 0) is 30.3 Å². The summed E-state index contributed by atoms with van der Waals surface area (Å²) in [4.78, 5) is 16.9. The molecule has 3 N–H and O–H groups in total. The van der Waals surface area contributed by atoms with Gasteiger partial charge in [-0.1, -0.05) is 19.0 Å². The molecule has 132 valence electrons. The number of phenolic OH excluding ortho intramolecular Hbond substituents is 1. The van der Waals surface area contributed by atoms with Crippen LogP contribution in [0.25, 0.3) is 5.65 Å². The smallest absolute Gasteiger partial charge is 0.265 e. The summed E-state index contributed by atoms with van der Waals surface area (Å²) in [5.41, 5.74) is 0.520. The Labute approximate surface area is 149 Å². The highest BCUT2D eigenvalue weighted by Gasteiger charge is 2.15. The number of benzene rings is 1. The van der Waals surface area contributed by atoms with Crippen LogP contribution in [0, 0.1) is 0 Å². The number of anilines is 2. The predicted molar refractivity (Wildman–Crippen MR) is 97.1 cm³/mol. The molecule has 0 bridgehead atoms. The lowest BCUT2D eigenvalue weighted by molar-refractivity contribution is 0.280. The minimum Gasteiger partial charge on any atom is -0.506 e. The molecule has 0 radical (unpaired) electrons. The maximum absolute atomic E-state index is 12.6. The minimum absolute atomic E-state index is 0. The number of methoxy groups -OCH3 is 1. The number of fused-ring (bicyclic) bond motifs is 1. The third-order valence-electron chi connectivity index (χ3n) is 3.50. The van der Waals surface area contributed by atoms with Gasteiger partial charge < -0.3 is 20.3 Å². The molecule has 8 heteroatoms. The molecule has 3 aromatic rings. The monoisotopic (exact) mass is 363 g/mol. The van der Waals surface area contributed by atoms with Crippen LogP contribution in [0.4, 0.5) is 11.5 Å². The van der Waals surface area contributed by atoms with Crippen molar-refractivity contribution in [3.05, 3.63) is 57.5 Å². The number of aliphatic hydroxyl groups is 1. The van der Waals surface area contributed by atoms with Crippen LogP contribution in [0.1, 0.15) is 13.0 Å². The van der Waals surface area contributed by atoms with E-state index in [1.807, 2.05) is 0 Å². The molecule has 2 aromatic heterocycles. The zero-order chi connectivity index (χ0) is 17.3. The molecule has 0 unspecified atom stereocenters. The van der Waals surface area contributed by atoms with Gasteiger partial charge in [0, 0.05) is 11.9 Å². The maximum Gasteiger partial charge on any atom is 0.265 e. The van der Waals surface area contributed by atoms with E-state index < -0.39 is 12.2 Å². The lowest BCUT2D eigenvalue weighted by Crippen LogP contribution is -2.22. The number of halogens is 1. The van der Waals surface area contributed by atoms with Crippen LogP contribution in [0.5, 0.6) is 11.5 Å². The first kappa shape index (κ1) is 18.6. The van der Waals surface area contributed by atoms with Gasteiger partial charge in [-0.3, -0.25) is 9.20 Å². The van der Waals surface area contributed by atoms with E-state index in [1.165, 1.54) is 23.6 Å². The van der Waals surface area contributed by atoms with Gasteiger partial charge in [-0.15, -0.1) is 0 Å². The average Bonchev–Trinajstić information content (AvgIpc) is 2.58. The molecule has 0 aliphatic carbocycles. The zero-order valence-corrected chi connectivity index (χ0v) is 13.4. The molecule has 3 rings (SSSR count). The van der Waals surface area contributed by atoms with Crippen LogP contribution in [0.2, 0.25) is 5.02 Å². The van der Waals surface area contributed by atoms with Crippen LogP contribution in [0.15, 0.2) is 41.3 Å². The van der Waals surface area contributed by atoms with Crippen molar-refractivity contribution in [2.75, 3.05) is 12.4 Å². The third kappa shape index (κ3) is 3.38. The number of aromatic nitrogens is 2.